The van der Waals surface area contributed by atoms with E-state index >= 15 is 0 Å². The molecule has 0 aliphatic rings. The molecular weight excluding hydrogens is 344 g/mol. The summed E-state index contributed by atoms with van der Waals surface area (Å²) in [6, 6.07) is 4.80. The van der Waals surface area contributed by atoms with E-state index in [1.807, 2.05) is 6.07 Å². The Morgan fingerprint density at radius 1 is 1.28 bits per heavy atom. The van der Waals surface area contributed by atoms with Crippen molar-refractivity contribution in [3.8, 4) is 0 Å². The second-order valence-electron chi connectivity index (χ2n) is 5.23. The zero-order chi connectivity index (χ0) is 13.5. The maximum atomic E-state index is 13.4. The first-order valence-electron chi connectivity index (χ1n) is 5.60. The molecule has 0 unspecified atom stereocenters. The molecule has 2 rings (SSSR count). The number of nitrogen functional groups attached to an aromatic ring is 1. The van der Waals surface area contributed by atoms with Gasteiger partial charge in [0.2, 0.25) is 0 Å². The minimum absolute atomic E-state index is 0.0861. The molecule has 1 aromatic heterocycles. The van der Waals surface area contributed by atoms with Crippen molar-refractivity contribution in [1.82, 2.24) is 4.98 Å². The number of hydrazine groups is 1. The molecule has 0 aliphatic heterocycles. The number of nitrogens with one attached hydrogen (secondary N) is 1. The van der Waals surface area contributed by atoms with Gasteiger partial charge in [-0.2, -0.15) is 0 Å². The Morgan fingerprint density at radius 3 is 2.50 bits per heavy atom. The minimum atomic E-state index is -0.284. The van der Waals surface area contributed by atoms with Crippen LogP contribution < -0.4 is 11.3 Å². The highest BCUT2D eigenvalue weighted by molar-refractivity contribution is 14.1. The van der Waals surface area contributed by atoms with Crippen LogP contribution in [-0.4, -0.2) is 4.98 Å². The molecule has 18 heavy (non-hydrogen) atoms. The highest BCUT2D eigenvalue weighted by Crippen LogP contribution is 2.31. The van der Waals surface area contributed by atoms with Crippen LogP contribution in [0.25, 0.3) is 10.9 Å². The molecule has 3 nitrogen and oxygen atoms in total. The maximum Gasteiger partial charge on any atom is 0.125 e. The number of benzene rings is 1. The summed E-state index contributed by atoms with van der Waals surface area (Å²) >= 11 is 2.09. The molecule has 0 fully saturated rings. The fraction of sp³-hybridized carbons (Fsp3) is 0.308. The smallest absolute Gasteiger partial charge is 0.125 e. The molecule has 0 spiro atoms. The lowest BCUT2D eigenvalue weighted by Crippen LogP contribution is -2.16. The van der Waals surface area contributed by atoms with Gasteiger partial charge in [-0.3, -0.25) is 10.8 Å². The average molecular weight is 359 g/mol. The molecule has 0 atom stereocenters. The molecular formula is C13H15FIN3. The number of hydrogen-bond acceptors (Lipinski definition) is 3. The number of hydrogen-bond donors (Lipinski definition) is 2. The van der Waals surface area contributed by atoms with Crippen LogP contribution in [0.1, 0.15) is 26.5 Å². The molecule has 3 N–H and O–H groups in total. The quantitative estimate of drug-likeness (QED) is 0.465. The molecule has 96 valence electrons. The van der Waals surface area contributed by atoms with E-state index in [1.54, 1.807) is 0 Å². The largest absolute Gasteiger partial charge is 0.323 e. The first kappa shape index (κ1) is 13.5. The third-order valence-electron chi connectivity index (χ3n) is 2.76. The van der Waals surface area contributed by atoms with Gasteiger partial charge in [0, 0.05) is 20.1 Å². The van der Waals surface area contributed by atoms with Crippen molar-refractivity contribution in [3.63, 3.8) is 0 Å². The lowest BCUT2D eigenvalue weighted by atomic mass is 9.91. The first-order chi connectivity index (χ1) is 8.32. The van der Waals surface area contributed by atoms with Gasteiger partial charge in [0.15, 0.2) is 0 Å². The van der Waals surface area contributed by atoms with Crippen molar-refractivity contribution in [2.24, 2.45) is 5.84 Å². The van der Waals surface area contributed by atoms with Crippen LogP contribution in [-0.2, 0) is 5.41 Å². The van der Waals surface area contributed by atoms with Gasteiger partial charge in [-0.25, -0.2) is 4.39 Å². The molecule has 1 heterocycles. The Morgan fingerprint density at radius 2 is 1.94 bits per heavy atom. The number of aromatic nitrogens is 1. The Hall–Kier alpha value is -0.950. The molecule has 0 saturated heterocycles. The van der Waals surface area contributed by atoms with Crippen LogP contribution in [0.3, 0.4) is 0 Å². The zero-order valence-corrected chi connectivity index (χ0v) is 12.7. The van der Waals surface area contributed by atoms with Crippen LogP contribution in [0.5, 0.6) is 0 Å². The van der Waals surface area contributed by atoms with Gasteiger partial charge in [-0.1, -0.05) is 20.8 Å². The van der Waals surface area contributed by atoms with Gasteiger partial charge in [-0.15, -0.1) is 0 Å². The van der Waals surface area contributed by atoms with Crippen molar-refractivity contribution in [2.75, 3.05) is 5.43 Å². The van der Waals surface area contributed by atoms with Crippen LogP contribution in [0, 0.1) is 9.39 Å². The summed E-state index contributed by atoms with van der Waals surface area (Å²) < 4.78 is 14.2. The highest BCUT2D eigenvalue weighted by atomic mass is 127. The minimum Gasteiger partial charge on any atom is -0.323 e. The third-order valence-corrected chi connectivity index (χ3v) is 3.58. The summed E-state index contributed by atoms with van der Waals surface area (Å²) in [6.45, 7) is 6.24. The van der Waals surface area contributed by atoms with E-state index < -0.39 is 0 Å². The van der Waals surface area contributed by atoms with Gasteiger partial charge in [-0.05, 0) is 40.8 Å². The number of fused-ring (bicyclic) bond motifs is 1. The summed E-state index contributed by atoms with van der Waals surface area (Å²) in [5, 5.41) is 0.704. The van der Waals surface area contributed by atoms with E-state index in [0.29, 0.717) is 11.1 Å². The molecule has 0 bridgehead atoms. The van der Waals surface area contributed by atoms with E-state index in [0.717, 1.165) is 14.8 Å². The number of anilines is 1. The summed E-state index contributed by atoms with van der Waals surface area (Å²) in [6.07, 6.45) is 0. The topological polar surface area (TPSA) is 50.9 Å². The second-order valence-corrected chi connectivity index (χ2v) is 6.40. The van der Waals surface area contributed by atoms with Crippen molar-refractivity contribution in [3.05, 3.63) is 33.3 Å². The van der Waals surface area contributed by atoms with Crippen molar-refractivity contribution >= 4 is 39.2 Å². The fourth-order valence-corrected chi connectivity index (χ4v) is 2.46. The molecule has 5 heteroatoms. The number of nitrogens with two attached hydrogens (primary N) is 1. The maximum absolute atomic E-state index is 13.4. The fourth-order valence-electron chi connectivity index (χ4n) is 1.76. The summed E-state index contributed by atoms with van der Waals surface area (Å²) in [4.78, 5) is 4.63. The third kappa shape index (κ3) is 2.42. The Labute approximate surface area is 119 Å². The van der Waals surface area contributed by atoms with Crippen LogP contribution in [0.15, 0.2) is 18.2 Å². The Kier molecular flexibility index (Phi) is 3.46. The first-order valence-corrected chi connectivity index (χ1v) is 6.67. The summed E-state index contributed by atoms with van der Waals surface area (Å²) in [7, 11) is 0. The number of nitrogens with zero attached hydrogens (tertiary/aromatic N) is 1. The Balaban J connectivity index is 2.84. The molecule has 0 radical (unpaired) electrons. The van der Waals surface area contributed by atoms with Crippen LogP contribution in [0.4, 0.5) is 10.1 Å². The second kappa shape index (κ2) is 4.62. The zero-order valence-electron chi connectivity index (χ0n) is 10.5. The van der Waals surface area contributed by atoms with Gasteiger partial charge in [0.25, 0.3) is 0 Å². The highest BCUT2D eigenvalue weighted by Gasteiger charge is 2.19. The van der Waals surface area contributed by atoms with Crippen molar-refractivity contribution in [1.29, 1.82) is 0 Å². The van der Waals surface area contributed by atoms with Crippen LogP contribution >= 0.6 is 22.6 Å². The summed E-state index contributed by atoms with van der Waals surface area (Å²) in [5.41, 5.74) is 4.94. The van der Waals surface area contributed by atoms with Gasteiger partial charge in [0.1, 0.15) is 5.82 Å². The monoisotopic (exact) mass is 359 g/mol. The molecule has 1 aromatic carbocycles. The number of halogens is 2. The van der Waals surface area contributed by atoms with Gasteiger partial charge in [0.05, 0.1) is 11.2 Å². The molecule has 2 aromatic rings. The predicted molar refractivity (Wildman–Crippen MR) is 80.9 cm³/mol. The number of rotatable bonds is 1. The Bertz CT molecular complexity index is 605. The van der Waals surface area contributed by atoms with Gasteiger partial charge >= 0.3 is 0 Å². The van der Waals surface area contributed by atoms with E-state index in [2.05, 4.69) is 53.8 Å². The van der Waals surface area contributed by atoms with E-state index in [4.69, 9.17) is 5.84 Å². The molecule has 0 aliphatic carbocycles. The van der Waals surface area contributed by atoms with E-state index in [-0.39, 0.29) is 11.2 Å². The van der Waals surface area contributed by atoms with E-state index in [9.17, 15) is 4.39 Å². The normalized spacial score (nSPS) is 11.9. The summed E-state index contributed by atoms with van der Waals surface area (Å²) in [5.74, 6) is 5.24. The van der Waals surface area contributed by atoms with E-state index in [1.165, 1.54) is 12.1 Å². The number of pyridine rings is 1. The van der Waals surface area contributed by atoms with Gasteiger partial charge < -0.3 is 5.43 Å². The average Bonchev–Trinajstić information content (AvgIpc) is 2.26. The van der Waals surface area contributed by atoms with Crippen LogP contribution in [0.2, 0.25) is 0 Å². The lowest BCUT2D eigenvalue weighted by Gasteiger charge is -2.20. The molecule has 0 saturated carbocycles. The SMILES string of the molecule is CC(C)(C)c1cc(NN)c2cc(F)cc(I)c2n1. The lowest BCUT2D eigenvalue weighted by molar-refractivity contribution is 0.571. The standard InChI is InChI=1S/C13H15FIN3/c1-13(2,3)11-6-10(18-16)8-4-7(14)5-9(15)12(8)17-11/h4-6H,16H2,1-3H3,(H,17,18). The predicted octanol–water partition coefficient (Wildman–Crippen LogP) is 3.56. The van der Waals surface area contributed by atoms with Crippen molar-refractivity contribution < 1.29 is 4.39 Å². The molecule has 0 amide bonds. The van der Waals surface area contributed by atoms with Crippen molar-refractivity contribution in [2.45, 2.75) is 26.2 Å².